The monoisotopic (exact) mass is 2230 g/mol. The van der Waals surface area contributed by atoms with E-state index in [0.717, 1.165) is 107 Å². The number of hydrogen-bond acceptors (Lipinski definition) is 35. The third-order valence-corrected chi connectivity index (χ3v) is 26.0. The maximum absolute atomic E-state index is 11.7. The SMILES string of the molecule is NOOS(=O)c1ccc(C#Cc2cccc(Cn3cncn3)c2)cc1Cl.NOOSOc1ccc(CCc2ccc(Cn3cncn3)cc2)cc1.NS(=O)(=O)Oc1ccc(-c2cccc(Cn3cncn3)c2)cc1.NS(=O)(=O)Oc1ccc(SCc2ccc(Cn3cncn3)cc2)cc1Cl.NS(=O)(=O)Oc1ccc(SCc2cccc(Cn3cncn3)c2)cc1Cl.NS(=O)(=O)Oc1cccc(-c2cccc(Cn3cncn3)c2)c1. The molecule has 12 aromatic carbocycles. The van der Waals surface area contributed by atoms with E-state index in [9.17, 15) is 37.9 Å². The van der Waals surface area contributed by atoms with Gasteiger partial charge in [-0.05, 0) is 206 Å². The number of nitrogens with zero attached hydrogens (tertiary/aromatic N) is 18. The summed E-state index contributed by atoms with van der Waals surface area (Å²) in [5.41, 5.74) is 16.7. The van der Waals surface area contributed by atoms with E-state index in [1.165, 1.54) is 66.5 Å². The zero-order chi connectivity index (χ0) is 105. The highest BCUT2D eigenvalue weighted by atomic mass is 35.5. The fourth-order valence-corrected chi connectivity index (χ4v) is 18.5. The molecule has 0 aliphatic heterocycles. The number of rotatable bonds is 38. The van der Waals surface area contributed by atoms with Crippen molar-refractivity contribution in [2.75, 3.05) is 0 Å². The molecule has 0 amide bonds. The molecule has 18 aromatic rings. The maximum Gasteiger partial charge on any atom is 0.380 e. The summed E-state index contributed by atoms with van der Waals surface area (Å²) >= 11 is 20.1. The molecule has 6 heterocycles. The minimum atomic E-state index is -4.10. The number of benzene rings is 12. The minimum absolute atomic E-state index is 0.00773. The number of nitrogens with two attached hydrogens (primary N) is 6. The first-order valence-electron chi connectivity index (χ1n) is 43.4. The van der Waals surface area contributed by atoms with Crippen LogP contribution in [0.25, 0.3) is 22.3 Å². The summed E-state index contributed by atoms with van der Waals surface area (Å²) in [6.45, 7) is 3.91. The highest BCUT2D eigenvalue weighted by molar-refractivity contribution is 7.98. The van der Waals surface area contributed by atoms with Crippen LogP contribution in [-0.2, 0) is 135 Å². The summed E-state index contributed by atoms with van der Waals surface area (Å²) in [5.74, 6) is 18.1. The third kappa shape index (κ3) is 39.9. The number of thioether (sulfide) groups is 2. The van der Waals surface area contributed by atoms with Crippen LogP contribution in [0, 0.1) is 11.8 Å². The topological polar surface area (TPSA) is 577 Å². The Kier molecular flexibility index (Phi) is 42.0. The lowest BCUT2D eigenvalue weighted by molar-refractivity contribution is -0.201. The molecule has 6 aromatic heterocycles. The molecule has 0 spiro atoms. The van der Waals surface area contributed by atoms with Crippen molar-refractivity contribution >= 4 is 123 Å². The molecule has 0 bridgehead atoms. The van der Waals surface area contributed by atoms with E-state index in [1.54, 1.807) is 170 Å². The van der Waals surface area contributed by atoms with Gasteiger partial charge in [-0.25, -0.2) is 62.2 Å². The van der Waals surface area contributed by atoms with Gasteiger partial charge in [0.2, 0.25) is 11.1 Å². The van der Waals surface area contributed by atoms with E-state index in [4.69, 9.17) is 75.5 Å². The van der Waals surface area contributed by atoms with Gasteiger partial charge in [-0.15, -0.1) is 42.2 Å². The Morgan fingerprint density at radius 2 is 0.678 bits per heavy atom. The highest BCUT2D eigenvalue weighted by Gasteiger charge is 2.17. The van der Waals surface area contributed by atoms with Crippen LogP contribution in [0.15, 0.2) is 364 Å². The number of aryl methyl sites for hydroxylation is 2. The molecule has 0 aliphatic rings. The Bertz CT molecular complexity index is 7900. The lowest BCUT2D eigenvalue weighted by Gasteiger charge is -2.08. The molecule has 0 radical (unpaired) electrons. The minimum Gasteiger partial charge on any atom is -0.399 e. The Balaban J connectivity index is 0.000000149. The molecule has 18 rings (SSSR count). The molecule has 42 nitrogen and oxygen atoms in total. The number of hydrogen-bond donors (Lipinski definition) is 6. The second-order valence-electron chi connectivity index (χ2n) is 31.0. The summed E-state index contributed by atoms with van der Waals surface area (Å²) < 4.78 is 142. The van der Waals surface area contributed by atoms with E-state index in [0.29, 0.717) is 56.4 Å². The maximum atomic E-state index is 11.7. The average molecular weight is 2230 g/mol. The van der Waals surface area contributed by atoms with Gasteiger partial charge in [-0.1, -0.05) is 204 Å². The predicted molar refractivity (Wildman–Crippen MR) is 560 cm³/mol. The summed E-state index contributed by atoms with van der Waals surface area (Å²) in [6, 6.07) is 84.3. The Labute approximate surface area is 886 Å². The van der Waals surface area contributed by atoms with Crippen LogP contribution in [0.3, 0.4) is 0 Å². The van der Waals surface area contributed by atoms with E-state index in [-0.39, 0.29) is 43.0 Å². The molecule has 0 aliphatic carbocycles. The van der Waals surface area contributed by atoms with Crippen molar-refractivity contribution in [2.45, 2.75) is 78.3 Å². The van der Waals surface area contributed by atoms with E-state index >= 15 is 0 Å². The fourth-order valence-electron chi connectivity index (χ4n) is 13.4. The molecule has 0 saturated heterocycles. The van der Waals surface area contributed by atoms with E-state index < -0.39 is 52.3 Å². The predicted octanol–water partition coefficient (Wildman–Crippen LogP) is 14.0. The smallest absolute Gasteiger partial charge is 0.380 e. The van der Waals surface area contributed by atoms with Gasteiger partial charge in [0.15, 0.2) is 11.5 Å². The first-order chi connectivity index (χ1) is 71.7. The summed E-state index contributed by atoms with van der Waals surface area (Å²) in [6.07, 6.45) is 21.0. The van der Waals surface area contributed by atoms with Crippen molar-refractivity contribution in [1.82, 2.24) is 88.6 Å². The van der Waals surface area contributed by atoms with Crippen LogP contribution in [0.1, 0.15) is 66.8 Å². The van der Waals surface area contributed by atoms with Gasteiger partial charge in [0, 0.05) is 32.4 Å². The molecular formula is C96H89Cl3N24O18S8. The lowest BCUT2D eigenvalue weighted by atomic mass is 10.0. The standard InChI is InChI=1S/C17H13ClN4O3S.C17H18N4O3S.2C16H15ClN4O3S2.2C15H14N4O3S/c18-16-9-14(6-7-17(16)26(23)25-24-19)5-4-13-2-1-3-15(8-13)10-22-12-20-11-21-22;18-23-24-25-22-17-9-7-15(8-10-17)2-1-14-3-5-16(6-4-14)11-21-13-19-12-20-21;17-15-7-14(5-6-16(15)24-26(18,22)23)25-9-13-3-1-12(2-4-13)8-21-11-19-10-20-21;17-15-7-14(4-5-16(15)24-26(18,22)23)25-9-13-3-1-2-12(6-13)8-21-11-19-10-20-21;16-23(20,21)22-15-6-2-5-14(8-15)13-4-1-3-12(7-13)9-19-11-17-10-18-19;16-23(20,21)22-15-6-4-13(5-7-15)14-3-1-2-12(8-14)9-19-11-17-10-18-19/h1-3,6-9,11-12H,10,19H2;3-10,12-13H,1-2,11,18H2;2*1-7,10-11H,8-9H2,(H2,18,22,23);2*1-8,10-11H,9H2,(H2,16,20,21). The number of aromatic nitrogens is 18. The van der Waals surface area contributed by atoms with Gasteiger partial charge in [-0.3, -0.25) is 0 Å². The van der Waals surface area contributed by atoms with E-state index in [2.05, 4.69) is 146 Å². The molecule has 0 fully saturated rings. The molecule has 53 heteroatoms. The van der Waals surface area contributed by atoms with Gasteiger partial charge < -0.3 is 20.9 Å². The van der Waals surface area contributed by atoms with Crippen molar-refractivity contribution < 1.29 is 77.4 Å². The quantitative estimate of drug-likeness (QED) is 0.00522. The summed E-state index contributed by atoms with van der Waals surface area (Å²) in [4.78, 5) is 33.4. The molecule has 1 unspecified atom stereocenters. The van der Waals surface area contributed by atoms with Crippen molar-refractivity contribution in [3.63, 3.8) is 0 Å². The lowest BCUT2D eigenvalue weighted by Crippen LogP contribution is -2.19. The second-order valence-corrected chi connectivity index (χ2v) is 40.4. The van der Waals surface area contributed by atoms with Crippen molar-refractivity contribution in [3.05, 3.63) is 431 Å². The van der Waals surface area contributed by atoms with Crippen LogP contribution in [0.2, 0.25) is 15.1 Å². The average Bonchev–Trinajstić information content (AvgIpc) is 1.69. The zero-order valence-corrected chi connectivity index (χ0v) is 86.5. The Morgan fingerprint density at radius 1 is 0.315 bits per heavy atom. The van der Waals surface area contributed by atoms with Crippen molar-refractivity contribution in [3.8, 4) is 62.8 Å². The normalized spacial score (nSPS) is 11.3. The fraction of sp³-hybridized carbons (Fsp3) is 0.104. The van der Waals surface area contributed by atoms with Crippen LogP contribution in [0.4, 0.5) is 0 Å². The zero-order valence-electron chi connectivity index (χ0n) is 77.7. The largest absolute Gasteiger partial charge is 0.399 e. The third-order valence-electron chi connectivity index (χ3n) is 19.9. The summed E-state index contributed by atoms with van der Waals surface area (Å²) in [7, 11) is -16.2. The summed E-state index contributed by atoms with van der Waals surface area (Å²) in [5, 5.41) is 44.6. The van der Waals surface area contributed by atoms with Crippen LogP contribution >= 0.6 is 70.7 Å². The molecular weight excluding hydrogens is 2140 g/mol. The second kappa shape index (κ2) is 56.1. The van der Waals surface area contributed by atoms with Crippen LogP contribution < -0.4 is 53.3 Å². The molecule has 770 valence electrons. The first kappa shape index (κ1) is 112. The van der Waals surface area contributed by atoms with E-state index in [1.807, 2.05) is 138 Å². The molecule has 12 N–H and O–H groups in total. The number of halogens is 3. The van der Waals surface area contributed by atoms with Crippen molar-refractivity contribution in [1.29, 1.82) is 0 Å². The Morgan fingerprint density at radius 3 is 1.10 bits per heavy atom. The van der Waals surface area contributed by atoms with Crippen LogP contribution in [0.5, 0.6) is 28.7 Å². The molecule has 1 atom stereocenters. The molecule has 149 heavy (non-hydrogen) atoms. The molecule has 0 saturated carbocycles. The van der Waals surface area contributed by atoms with Gasteiger partial charge in [0.1, 0.15) is 93.2 Å². The van der Waals surface area contributed by atoms with Gasteiger partial charge >= 0.3 is 41.2 Å². The Hall–Kier alpha value is -14.5. The van der Waals surface area contributed by atoms with Crippen molar-refractivity contribution in [2.24, 2.45) is 32.3 Å². The van der Waals surface area contributed by atoms with Gasteiger partial charge in [0.05, 0.1) is 59.2 Å². The first-order valence-corrected chi connectivity index (χ1v) is 54.1. The van der Waals surface area contributed by atoms with Crippen LogP contribution in [-0.4, -0.2) is 126 Å². The van der Waals surface area contributed by atoms with Gasteiger partial charge in [0.25, 0.3) is 12.3 Å². The highest BCUT2D eigenvalue weighted by Crippen LogP contribution is 2.36. The van der Waals surface area contributed by atoms with Gasteiger partial charge in [-0.2, -0.15) is 96.6 Å².